The molecule has 0 spiro atoms. The van der Waals surface area contributed by atoms with E-state index in [4.69, 9.17) is 0 Å². The van der Waals surface area contributed by atoms with E-state index in [1.807, 2.05) is 44.2 Å². The number of amides is 1. The largest absolute Gasteiger partial charge is 0.352 e. The fraction of sp³-hybridized carbons (Fsp3) is 0.250. The molecule has 2 rings (SSSR count). The highest BCUT2D eigenvalue weighted by atomic mass is 32.1. The van der Waals surface area contributed by atoms with Gasteiger partial charge in [0.2, 0.25) is 0 Å². The molecular weight excluding hydrogens is 302 g/mol. The van der Waals surface area contributed by atoms with Crippen LogP contribution in [0.4, 0.5) is 0 Å². The fourth-order valence-electron chi connectivity index (χ4n) is 2.39. The summed E-state index contributed by atoms with van der Waals surface area (Å²) in [5.41, 5.74) is 2.41. The molecule has 0 heterocycles. The van der Waals surface area contributed by atoms with E-state index < -0.39 is 0 Å². The van der Waals surface area contributed by atoms with Crippen molar-refractivity contribution in [2.75, 3.05) is 12.3 Å². The van der Waals surface area contributed by atoms with Gasteiger partial charge in [-0.2, -0.15) is 12.6 Å². The zero-order valence-corrected chi connectivity index (χ0v) is 14.8. The summed E-state index contributed by atoms with van der Waals surface area (Å²) >= 11 is 4.16. The Hall–Kier alpha value is -2.00. The van der Waals surface area contributed by atoms with E-state index in [1.54, 1.807) is 12.2 Å². The van der Waals surface area contributed by atoms with Crippen LogP contribution < -0.4 is 5.32 Å². The van der Waals surface area contributed by atoms with E-state index in [-0.39, 0.29) is 5.91 Å². The van der Waals surface area contributed by atoms with E-state index in [9.17, 15) is 4.79 Å². The van der Waals surface area contributed by atoms with Crippen LogP contribution in [0.2, 0.25) is 0 Å². The van der Waals surface area contributed by atoms with Crippen LogP contribution in [0.3, 0.4) is 0 Å². The highest BCUT2D eigenvalue weighted by Gasteiger charge is 2.16. The molecule has 0 atom stereocenters. The van der Waals surface area contributed by atoms with Crippen LogP contribution >= 0.6 is 12.6 Å². The lowest BCUT2D eigenvalue weighted by molar-refractivity contribution is 0.0955. The lowest BCUT2D eigenvalue weighted by Gasteiger charge is -2.14. The second-order valence-electron chi connectivity index (χ2n) is 4.72. The molecule has 0 saturated carbocycles. The Kier molecular flexibility index (Phi) is 8.20. The number of carbonyl (C=O) groups is 1. The molecule has 0 aliphatic heterocycles. The normalized spacial score (nSPS) is 9.70. The molecule has 0 aliphatic carbocycles. The number of rotatable bonds is 6. The molecule has 3 heteroatoms. The van der Waals surface area contributed by atoms with Gasteiger partial charge in [-0.3, -0.25) is 4.79 Å². The van der Waals surface area contributed by atoms with Crippen LogP contribution in [0.5, 0.6) is 0 Å². The summed E-state index contributed by atoms with van der Waals surface area (Å²) in [6.45, 7) is 12.3. The minimum Gasteiger partial charge on any atom is -0.352 e. The van der Waals surface area contributed by atoms with Crippen molar-refractivity contribution in [2.45, 2.75) is 20.3 Å². The summed E-state index contributed by atoms with van der Waals surface area (Å²) < 4.78 is 0. The summed E-state index contributed by atoms with van der Waals surface area (Å²) in [5.74, 6) is 0.675. The smallest absolute Gasteiger partial charge is 0.252 e. The van der Waals surface area contributed by atoms with Crippen molar-refractivity contribution in [3.05, 3.63) is 60.2 Å². The number of hydrogen-bond acceptors (Lipinski definition) is 2. The minimum absolute atomic E-state index is 0.0772. The van der Waals surface area contributed by atoms with Crippen LogP contribution in [-0.4, -0.2) is 18.2 Å². The second kappa shape index (κ2) is 9.90. The van der Waals surface area contributed by atoms with Crippen LogP contribution in [0, 0.1) is 0 Å². The third kappa shape index (κ3) is 4.49. The zero-order valence-electron chi connectivity index (χ0n) is 13.9. The van der Waals surface area contributed by atoms with Gasteiger partial charge >= 0.3 is 0 Å². The van der Waals surface area contributed by atoms with Crippen molar-refractivity contribution >= 4 is 41.5 Å². The number of fused-ring (bicyclic) bond motifs is 1. The SMILES string of the molecule is C=Cc1cc2ccccc2c(C(=O)NCCCS)c1C=C.CC. The molecule has 1 N–H and O–H groups in total. The first-order valence-electron chi connectivity index (χ1n) is 7.92. The predicted molar refractivity (Wildman–Crippen MR) is 106 cm³/mol. The van der Waals surface area contributed by atoms with Gasteiger partial charge in [0.1, 0.15) is 0 Å². The molecule has 0 aromatic heterocycles. The van der Waals surface area contributed by atoms with E-state index in [0.717, 1.165) is 34.1 Å². The summed E-state index contributed by atoms with van der Waals surface area (Å²) in [4.78, 5) is 12.6. The summed E-state index contributed by atoms with van der Waals surface area (Å²) in [7, 11) is 0. The lowest BCUT2D eigenvalue weighted by atomic mass is 9.93. The third-order valence-corrected chi connectivity index (χ3v) is 3.71. The number of thiol groups is 1. The molecule has 1 amide bonds. The second-order valence-corrected chi connectivity index (χ2v) is 5.16. The Bertz CT molecular complexity index is 691. The van der Waals surface area contributed by atoms with Gasteiger partial charge in [-0.15, -0.1) is 0 Å². The van der Waals surface area contributed by atoms with Crippen LogP contribution in [-0.2, 0) is 0 Å². The first-order valence-corrected chi connectivity index (χ1v) is 8.55. The first kappa shape index (κ1) is 19.0. The van der Waals surface area contributed by atoms with Crippen molar-refractivity contribution < 1.29 is 4.79 Å². The van der Waals surface area contributed by atoms with Crippen molar-refractivity contribution in [3.8, 4) is 0 Å². The average Bonchev–Trinajstić information content (AvgIpc) is 2.61. The number of benzene rings is 2. The standard InChI is InChI=1S/C18H19NOS.C2H6/c1-3-13-12-14-8-5-6-9-16(14)17(15(13)4-2)18(20)19-10-7-11-21;1-2/h3-6,8-9,12,21H,1-2,7,10-11H2,(H,19,20);1-2H3. The molecule has 0 aliphatic rings. The van der Waals surface area contributed by atoms with E-state index in [2.05, 4.69) is 31.1 Å². The zero-order chi connectivity index (χ0) is 17.2. The molecule has 2 nitrogen and oxygen atoms in total. The maximum Gasteiger partial charge on any atom is 0.252 e. The maximum atomic E-state index is 12.6. The Balaban J connectivity index is 0.00000127. The molecule has 2 aromatic rings. The molecular formula is C20H25NOS. The van der Waals surface area contributed by atoms with Crippen LogP contribution in [0.25, 0.3) is 22.9 Å². The van der Waals surface area contributed by atoms with Gasteiger partial charge in [-0.25, -0.2) is 0 Å². The maximum absolute atomic E-state index is 12.6. The molecule has 0 radical (unpaired) electrons. The average molecular weight is 327 g/mol. The van der Waals surface area contributed by atoms with Gasteiger partial charge in [0.25, 0.3) is 5.91 Å². The van der Waals surface area contributed by atoms with E-state index in [1.165, 1.54) is 0 Å². The molecule has 0 bridgehead atoms. The van der Waals surface area contributed by atoms with E-state index >= 15 is 0 Å². The molecule has 0 saturated heterocycles. The van der Waals surface area contributed by atoms with Crippen molar-refractivity contribution in [3.63, 3.8) is 0 Å². The molecule has 0 unspecified atom stereocenters. The Morgan fingerprint density at radius 1 is 1.22 bits per heavy atom. The van der Waals surface area contributed by atoms with Crippen LogP contribution in [0.15, 0.2) is 43.5 Å². The molecule has 0 fully saturated rings. The van der Waals surface area contributed by atoms with Gasteiger partial charge in [0.05, 0.1) is 5.56 Å². The van der Waals surface area contributed by atoms with Crippen molar-refractivity contribution in [1.82, 2.24) is 5.32 Å². The highest BCUT2D eigenvalue weighted by molar-refractivity contribution is 7.80. The van der Waals surface area contributed by atoms with Gasteiger partial charge in [0.15, 0.2) is 0 Å². The summed E-state index contributed by atoms with van der Waals surface area (Å²) in [5, 5.41) is 4.91. The lowest BCUT2D eigenvalue weighted by Crippen LogP contribution is -2.26. The highest BCUT2D eigenvalue weighted by Crippen LogP contribution is 2.27. The number of hydrogen-bond donors (Lipinski definition) is 2. The fourth-order valence-corrected chi connectivity index (χ4v) is 2.55. The Morgan fingerprint density at radius 3 is 2.52 bits per heavy atom. The predicted octanol–water partition coefficient (Wildman–Crippen LogP) is 5.20. The molecule has 2 aromatic carbocycles. The molecule has 122 valence electrons. The quantitative estimate of drug-likeness (QED) is 0.554. The van der Waals surface area contributed by atoms with Crippen molar-refractivity contribution in [2.24, 2.45) is 0 Å². The Labute approximate surface area is 144 Å². The number of carbonyl (C=O) groups excluding carboxylic acids is 1. The van der Waals surface area contributed by atoms with E-state index in [0.29, 0.717) is 12.1 Å². The van der Waals surface area contributed by atoms with Crippen LogP contribution in [0.1, 0.15) is 41.8 Å². The number of nitrogens with one attached hydrogen (secondary N) is 1. The third-order valence-electron chi connectivity index (χ3n) is 3.39. The monoisotopic (exact) mass is 327 g/mol. The van der Waals surface area contributed by atoms with Crippen molar-refractivity contribution in [1.29, 1.82) is 0 Å². The van der Waals surface area contributed by atoms with Gasteiger partial charge in [-0.1, -0.05) is 63.4 Å². The topological polar surface area (TPSA) is 29.1 Å². The minimum atomic E-state index is -0.0772. The summed E-state index contributed by atoms with van der Waals surface area (Å²) in [6, 6.07) is 9.89. The van der Waals surface area contributed by atoms with Gasteiger partial charge in [0, 0.05) is 6.54 Å². The van der Waals surface area contributed by atoms with Gasteiger partial charge < -0.3 is 5.32 Å². The Morgan fingerprint density at radius 2 is 1.91 bits per heavy atom. The van der Waals surface area contributed by atoms with Gasteiger partial charge in [-0.05, 0) is 40.1 Å². The first-order chi connectivity index (χ1) is 11.2. The molecule has 23 heavy (non-hydrogen) atoms. The summed E-state index contributed by atoms with van der Waals surface area (Å²) in [6.07, 6.45) is 4.32.